The maximum absolute atomic E-state index is 8.52. The summed E-state index contributed by atoms with van der Waals surface area (Å²) in [6, 6.07) is 7.06. The summed E-state index contributed by atoms with van der Waals surface area (Å²) in [5.41, 5.74) is 6.12. The van der Waals surface area contributed by atoms with Crippen molar-refractivity contribution in [1.29, 1.82) is 0 Å². The minimum absolute atomic E-state index is 0.0920. The van der Waals surface area contributed by atoms with Crippen LogP contribution in [0.5, 0.6) is 5.75 Å². The Morgan fingerprint density at radius 3 is 2.61 bits per heavy atom. The second-order valence-electron chi connectivity index (χ2n) is 4.38. The molecular formula is C13H18N2O3. The van der Waals surface area contributed by atoms with Crippen LogP contribution in [0.2, 0.25) is 0 Å². The van der Waals surface area contributed by atoms with Crippen LogP contribution in [0.3, 0.4) is 0 Å². The molecule has 18 heavy (non-hydrogen) atoms. The molecule has 0 saturated heterocycles. The van der Waals surface area contributed by atoms with Crippen LogP contribution in [0.1, 0.15) is 18.4 Å². The highest BCUT2D eigenvalue weighted by Crippen LogP contribution is 2.28. The summed E-state index contributed by atoms with van der Waals surface area (Å²) in [6.45, 7) is 2.00. The Balaban J connectivity index is 1.68. The summed E-state index contributed by atoms with van der Waals surface area (Å²) in [6.07, 6.45) is 2.60. The van der Waals surface area contributed by atoms with Crippen LogP contribution < -0.4 is 10.5 Å². The number of oxime groups is 1. The van der Waals surface area contributed by atoms with E-state index < -0.39 is 0 Å². The van der Waals surface area contributed by atoms with E-state index in [1.807, 2.05) is 0 Å². The number of hydrogen-bond donors (Lipinski definition) is 2. The summed E-state index contributed by atoms with van der Waals surface area (Å²) in [5.74, 6) is 1.62. The van der Waals surface area contributed by atoms with E-state index in [4.69, 9.17) is 20.4 Å². The van der Waals surface area contributed by atoms with Crippen molar-refractivity contribution in [3.63, 3.8) is 0 Å². The second kappa shape index (κ2) is 6.26. The van der Waals surface area contributed by atoms with Crippen molar-refractivity contribution in [2.75, 3.05) is 19.8 Å². The van der Waals surface area contributed by atoms with Gasteiger partial charge in [-0.2, -0.15) is 0 Å². The number of amidine groups is 1. The number of rotatable bonds is 7. The normalized spacial score (nSPS) is 15.7. The van der Waals surface area contributed by atoms with Crippen LogP contribution in [-0.2, 0) is 4.74 Å². The van der Waals surface area contributed by atoms with Gasteiger partial charge in [-0.1, -0.05) is 5.16 Å². The summed E-state index contributed by atoms with van der Waals surface area (Å²) in [4.78, 5) is 0. The molecular weight excluding hydrogens is 232 g/mol. The van der Waals surface area contributed by atoms with Crippen molar-refractivity contribution >= 4 is 5.84 Å². The van der Waals surface area contributed by atoms with Crippen molar-refractivity contribution in [3.8, 4) is 5.75 Å². The lowest BCUT2D eigenvalue weighted by atomic mass is 10.2. The minimum Gasteiger partial charge on any atom is -0.491 e. The highest BCUT2D eigenvalue weighted by Gasteiger charge is 2.20. The van der Waals surface area contributed by atoms with Crippen LogP contribution in [0.4, 0.5) is 0 Å². The molecule has 0 radical (unpaired) electrons. The van der Waals surface area contributed by atoms with Gasteiger partial charge in [-0.15, -0.1) is 0 Å². The number of ether oxygens (including phenoxy) is 2. The quantitative estimate of drug-likeness (QED) is 0.253. The van der Waals surface area contributed by atoms with Gasteiger partial charge in [0.15, 0.2) is 5.84 Å². The maximum Gasteiger partial charge on any atom is 0.170 e. The molecule has 0 aliphatic heterocycles. The molecule has 0 bridgehead atoms. The van der Waals surface area contributed by atoms with Crippen molar-refractivity contribution in [1.82, 2.24) is 0 Å². The lowest BCUT2D eigenvalue weighted by Crippen LogP contribution is -2.13. The Morgan fingerprint density at radius 1 is 1.28 bits per heavy atom. The summed E-state index contributed by atoms with van der Waals surface area (Å²) in [7, 11) is 0. The van der Waals surface area contributed by atoms with Gasteiger partial charge < -0.3 is 20.4 Å². The van der Waals surface area contributed by atoms with E-state index in [-0.39, 0.29) is 5.84 Å². The monoisotopic (exact) mass is 250 g/mol. The lowest BCUT2D eigenvalue weighted by molar-refractivity contribution is 0.0927. The molecule has 0 aromatic heterocycles. The molecule has 5 nitrogen and oxygen atoms in total. The number of nitrogens with zero attached hydrogens (tertiary/aromatic N) is 1. The molecule has 1 aliphatic rings. The largest absolute Gasteiger partial charge is 0.491 e. The third-order valence-corrected chi connectivity index (χ3v) is 2.80. The lowest BCUT2D eigenvalue weighted by Gasteiger charge is -2.07. The molecule has 0 heterocycles. The Labute approximate surface area is 106 Å². The van der Waals surface area contributed by atoms with Gasteiger partial charge in [0, 0.05) is 12.2 Å². The topological polar surface area (TPSA) is 77.1 Å². The van der Waals surface area contributed by atoms with Crippen molar-refractivity contribution in [3.05, 3.63) is 29.8 Å². The fourth-order valence-electron chi connectivity index (χ4n) is 1.53. The van der Waals surface area contributed by atoms with Crippen molar-refractivity contribution in [2.45, 2.75) is 12.8 Å². The second-order valence-corrected chi connectivity index (χ2v) is 4.38. The van der Waals surface area contributed by atoms with Crippen LogP contribution in [0, 0.1) is 5.92 Å². The molecule has 5 heteroatoms. The van der Waals surface area contributed by atoms with E-state index in [0.717, 1.165) is 18.3 Å². The molecule has 1 fully saturated rings. The Bertz CT molecular complexity index is 399. The van der Waals surface area contributed by atoms with E-state index in [1.54, 1.807) is 24.3 Å². The predicted molar refractivity (Wildman–Crippen MR) is 68.0 cm³/mol. The molecule has 1 aromatic rings. The van der Waals surface area contributed by atoms with Gasteiger partial charge in [0.1, 0.15) is 12.4 Å². The van der Waals surface area contributed by atoms with Gasteiger partial charge in [0.05, 0.1) is 6.61 Å². The Morgan fingerprint density at radius 2 is 2.00 bits per heavy atom. The summed E-state index contributed by atoms with van der Waals surface area (Å²) >= 11 is 0. The van der Waals surface area contributed by atoms with Crippen LogP contribution in [-0.4, -0.2) is 30.9 Å². The number of benzene rings is 1. The molecule has 0 unspecified atom stereocenters. The minimum atomic E-state index is 0.0920. The van der Waals surface area contributed by atoms with Gasteiger partial charge >= 0.3 is 0 Å². The third-order valence-electron chi connectivity index (χ3n) is 2.80. The molecule has 1 aliphatic carbocycles. The van der Waals surface area contributed by atoms with E-state index >= 15 is 0 Å². The van der Waals surface area contributed by atoms with E-state index in [2.05, 4.69) is 5.16 Å². The highest BCUT2D eigenvalue weighted by atomic mass is 16.5. The zero-order chi connectivity index (χ0) is 12.8. The average Bonchev–Trinajstić information content (AvgIpc) is 3.22. The first-order valence-corrected chi connectivity index (χ1v) is 6.08. The van der Waals surface area contributed by atoms with Gasteiger partial charge in [0.2, 0.25) is 0 Å². The van der Waals surface area contributed by atoms with Gasteiger partial charge in [-0.05, 0) is 43.0 Å². The fourth-order valence-corrected chi connectivity index (χ4v) is 1.53. The molecule has 98 valence electrons. The Hall–Kier alpha value is -1.75. The summed E-state index contributed by atoms with van der Waals surface area (Å²) < 4.78 is 11.0. The van der Waals surface area contributed by atoms with E-state index in [0.29, 0.717) is 18.8 Å². The zero-order valence-electron chi connectivity index (χ0n) is 10.2. The molecule has 2 rings (SSSR count). The molecule has 0 spiro atoms. The highest BCUT2D eigenvalue weighted by molar-refractivity contribution is 5.97. The van der Waals surface area contributed by atoms with Crippen molar-refractivity contribution < 1.29 is 14.7 Å². The standard InChI is InChI=1S/C13H18N2O3/c14-13(15-16)11-3-5-12(6-4-11)18-8-7-17-9-10-1-2-10/h3-6,10,16H,1-2,7-9H2,(H2,14,15). The first-order chi connectivity index (χ1) is 8.79. The van der Waals surface area contributed by atoms with Crippen LogP contribution >= 0.6 is 0 Å². The first-order valence-electron chi connectivity index (χ1n) is 6.08. The van der Waals surface area contributed by atoms with Gasteiger partial charge in [-0.3, -0.25) is 0 Å². The van der Waals surface area contributed by atoms with E-state index in [9.17, 15) is 0 Å². The molecule has 1 aromatic carbocycles. The fraction of sp³-hybridized carbons (Fsp3) is 0.462. The molecule has 0 atom stereocenters. The summed E-state index contributed by atoms with van der Waals surface area (Å²) in [5, 5.41) is 11.5. The Kier molecular flexibility index (Phi) is 4.41. The van der Waals surface area contributed by atoms with Gasteiger partial charge in [0.25, 0.3) is 0 Å². The molecule has 3 N–H and O–H groups in total. The van der Waals surface area contributed by atoms with E-state index in [1.165, 1.54) is 12.8 Å². The number of hydrogen-bond acceptors (Lipinski definition) is 4. The number of nitrogens with two attached hydrogens (primary N) is 1. The SMILES string of the molecule is NC(=NO)c1ccc(OCCOCC2CC2)cc1. The third kappa shape index (κ3) is 3.92. The smallest absolute Gasteiger partial charge is 0.170 e. The van der Waals surface area contributed by atoms with Crippen LogP contribution in [0.15, 0.2) is 29.4 Å². The maximum atomic E-state index is 8.52. The van der Waals surface area contributed by atoms with Crippen molar-refractivity contribution in [2.24, 2.45) is 16.8 Å². The zero-order valence-corrected chi connectivity index (χ0v) is 10.2. The van der Waals surface area contributed by atoms with Crippen LogP contribution in [0.25, 0.3) is 0 Å². The molecule has 0 amide bonds. The first kappa shape index (κ1) is 12.7. The average molecular weight is 250 g/mol. The predicted octanol–water partition coefficient (Wildman–Crippen LogP) is 1.59. The molecule has 1 saturated carbocycles. The van der Waals surface area contributed by atoms with Gasteiger partial charge in [-0.25, -0.2) is 0 Å².